The number of anilines is 1. The number of nitrogens with zero attached hydrogens (tertiary/aromatic N) is 2. The van der Waals surface area contributed by atoms with Gasteiger partial charge in [-0.3, -0.25) is 19.7 Å². The molecule has 3 aromatic rings. The molecular formula is C24H19FN4O7. The van der Waals surface area contributed by atoms with E-state index in [2.05, 4.69) is 15.8 Å². The number of hydrazone groups is 1. The summed E-state index contributed by atoms with van der Waals surface area (Å²) in [7, 11) is 1.36. The summed E-state index contributed by atoms with van der Waals surface area (Å²) in [6, 6.07) is 14.3. The molecule has 2 amide bonds. The predicted molar refractivity (Wildman–Crippen MR) is 126 cm³/mol. The normalized spacial score (nSPS) is 10.8. The van der Waals surface area contributed by atoms with Gasteiger partial charge in [0, 0.05) is 23.4 Å². The molecule has 0 atom stereocenters. The number of nitro benzene ring substituents is 1. The third-order valence-corrected chi connectivity index (χ3v) is 4.73. The van der Waals surface area contributed by atoms with Crippen LogP contribution in [0.4, 0.5) is 15.8 Å². The van der Waals surface area contributed by atoms with Gasteiger partial charge in [0.2, 0.25) is 0 Å². The molecule has 184 valence electrons. The highest BCUT2D eigenvalue weighted by molar-refractivity contribution is 6.39. The van der Waals surface area contributed by atoms with E-state index in [1.165, 1.54) is 55.6 Å². The van der Waals surface area contributed by atoms with E-state index in [1.54, 1.807) is 13.0 Å². The van der Waals surface area contributed by atoms with Crippen molar-refractivity contribution in [1.29, 1.82) is 0 Å². The summed E-state index contributed by atoms with van der Waals surface area (Å²) in [4.78, 5) is 46.6. The van der Waals surface area contributed by atoms with E-state index in [0.717, 1.165) is 12.1 Å². The topological polar surface area (TPSA) is 149 Å². The molecule has 2 N–H and O–H groups in total. The average molecular weight is 494 g/mol. The molecule has 12 heteroatoms. The highest BCUT2D eigenvalue weighted by Gasteiger charge is 2.16. The third kappa shape index (κ3) is 6.47. The minimum Gasteiger partial charge on any atom is -0.493 e. The molecule has 11 nitrogen and oxygen atoms in total. The van der Waals surface area contributed by atoms with Gasteiger partial charge in [-0.15, -0.1) is 0 Å². The number of ether oxygens (including phenoxy) is 2. The molecule has 0 unspecified atom stereocenters. The number of hydrogen-bond acceptors (Lipinski definition) is 8. The van der Waals surface area contributed by atoms with Crippen molar-refractivity contribution in [2.75, 3.05) is 12.4 Å². The summed E-state index contributed by atoms with van der Waals surface area (Å²) in [5.41, 5.74) is 3.09. The first-order valence-corrected chi connectivity index (χ1v) is 10.2. The van der Waals surface area contributed by atoms with Crippen LogP contribution in [0, 0.1) is 15.9 Å². The van der Waals surface area contributed by atoms with Crippen LogP contribution in [0.1, 0.15) is 22.8 Å². The SMILES string of the molecule is COc1cc(/C(C)=N/NC(=O)C(=O)Nc2ccc(F)cc2)ccc1OC(=O)c1ccc([N+](=O)[O-])cc1. The van der Waals surface area contributed by atoms with Gasteiger partial charge in [-0.2, -0.15) is 5.10 Å². The molecule has 0 bridgehead atoms. The highest BCUT2D eigenvalue weighted by atomic mass is 19.1. The van der Waals surface area contributed by atoms with Crippen LogP contribution in [0.25, 0.3) is 0 Å². The number of methoxy groups -OCH3 is 1. The minimum atomic E-state index is -1.04. The molecule has 0 heterocycles. The smallest absolute Gasteiger partial charge is 0.343 e. The first kappa shape index (κ1) is 25.5. The fourth-order valence-electron chi connectivity index (χ4n) is 2.83. The quantitative estimate of drug-likeness (QED) is 0.128. The van der Waals surface area contributed by atoms with Gasteiger partial charge in [0.1, 0.15) is 5.82 Å². The van der Waals surface area contributed by atoms with Crippen LogP contribution >= 0.6 is 0 Å². The number of amides is 2. The van der Waals surface area contributed by atoms with Gasteiger partial charge in [0.05, 0.1) is 23.3 Å². The summed E-state index contributed by atoms with van der Waals surface area (Å²) < 4.78 is 23.5. The van der Waals surface area contributed by atoms with Gasteiger partial charge in [0.15, 0.2) is 11.5 Å². The molecule has 0 saturated heterocycles. The maximum atomic E-state index is 12.9. The molecule has 0 aliphatic carbocycles. The number of nitro groups is 1. The Morgan fingerprint density at radius 1 is 0.917 bits per heavy atom. The first-order valence-electron chi connectivity index (χ1n) is 10.2. The summed E-state index contributed by atoms with van der Waals surface area (Å²) >= 11 is 0. The van der Waals surface area contributed by atoms with E-state index in [1.807, 2.05) is 0 Å². The van der Waals surface area contributed by atoms with Crippen molar-refractivity contribution in [3.63, 3.8) is 0 Å². The van der Waals surface area contributed by atoms with E-state index in [0.29, 0.717) is 11.3 Å². The van der Waals surface area contributed by atoms with E-state index in [-0.39, 0.29) is 28.4 Å². The van der Waals surface area contributed by atoms with Crippen LogP contribution < -0.4 is 20.2 Å². The largest absolute Gasteiger partial charge is 0.493 e. The van der Waals surface area contributed by atoms with Crippen LogP contribution in [0.3, 0.4) is 0 Å². The molecule has 0 fully saturated rings. The van der Waals surface area contributed by atoms with Crippen LogP contribution in [-0.4, -0.2) is 35.5 Å². The Kier molecular flexibility index (Phi) is 8.02. The third-order valence-electron chi connectivity index (χ3n) is 4.73. The maximum absolute atomic E-state index is 12.9. The zero-order chi connectivity index (χ0) is 26.2. The zero-order valence-electron chi connectivity index (χ0n) is 19.0. The van der Waals surface area contributed by atoms with Gasteiger partial charge in [-0.25, -0.2) is 14.6 Å². The van der Waals surface area contributed by atoms with Crippen molar-refractivity contribution in [2.24, 2.45) is 5.10 Å². The Balaban J connectivity index is 1.65. The van der Waals surface area contributed by atoms with Crippen molar-refractivity contribution < 1.29 is 33.2 Å². The van der Waals surface area contributed by atoms with E-state index in [4.69, 9.17) is 9.47 Å². The summed E-state index contributed by atoms with van der Waals surface area (Å²) in [5.74, 6) is -3.01. The lowest BCUT2D eigenvalue weighted by Crippen LogP contribution is -2.32. The summed E-state index contributed by atoms with van der Waals surface area (Å²) in [6.45, 7) is 1.56. The van der Waals surface area contributed by atoms with Gasteiger partial charge in [-0.05, 0) is 61.5 Å². The van der Waals surface area contributed by atoms with Crippen LogP contribution in [0.5, 0.6) is 11.5 Å². The second-order valence-corrected chi connectivity index (χ2v) is 7.16. The van der Waals surface area contributed by atoms with Crippen molar-refractivity contribution in [1.82, 2.24) is 5.43 Å². The lowest BCUT2D eigenvalue weighted by molar-refractivity contribution is -0.384. The molecule has 0 aliphatic rings. The van der Waals surface area contributed by atoms with Crippen LogP contribution in [0.2, 0.25) is 0 Å². The lowest BCUT2D eigenvalue weighted by Gasteiger charge is -2.11. The van der Waals surface area contributed by atoms with Gasteiger partial charge in [-0.1, -0.05) is 0 Å². The zero-order valence-corrected chi connectivity index (χ0v) is 19.0. The molecule has 0 aromatic heterocycles. The minimum absolute atomic E-state index is 0.0834. The Hall–Kier alpha value is -5.13. The van der Waals surface area contributed by atoms with E-state index < -0.39 is 28.5 Å². The molecule has 3 rings (SSSR count). The standard InChI is InChI=1S/C24H19FN4O7/c1-14(27-28-23(31)22(30)26-18-8-6-17(25)7-9-18)16-5-12-20(21(13-16)35-2)36-24(32)15-3-10-19(11-4-15)29(33)34/h3-13H,1-2H3,(H,26,30)(H,28,31)/b27-14+. The van der Waals surface area contributed by atoms with Crippen molar-refractivity contribution in [3.05, 3.63) is 93.8 Å². The highest BCUT2D eigenvalue weighted by Crippen LogP contribution is 2.29. The number of benzene rings is 3. The number of carbonyl (C=O) groups excluding carboxylic acids is 3. The fraction of sp³-hybridized carbons (Fsp3) is 0.0833. The Morgan fingerprint density at radius 2 is 1.56 bits per heavy atom. The van der Waals surface area contributed by atoms with Gasteiger partial charge in [0.25, 0.3) is 5.69 Å². The molecular weight excluding hydrogens is 475 g/mol. The van der Waals surface area contributed by atoms with E-state index in [9.17, 15) is 28.9 Å². The Morgan fingerprint density at radius 3 is 2.17 bits per heavy atom. The molecule has 0 aliphatic heterocycles. The summed E-state index contributed by atoms with van der Waals surface area (Å²) in [5, 5.41) is 16.9. The number of halogens is 1. The Bertz CT molecular complexity index is 1340. The number of non-ortho nitro benzene ring substituents is 1. The monoisotopic (exact) mass is 494 g/mol. The molecule has 0 saturated carbocycles. The van der Waals surface area contributed by atoms with Crippen LogP contribution in [-0.2, 0) is 9.59 Å². The van der Waals surface area contributed by atoms with E-state index >= 15 is 0 Å². The average Bonchev–Trinajstić information content (AvgIpc) is 2.88. The van der Waals surface area contributed by atoms with Gasteiger partial charge >= 0.3 is 17.8 Å². The number of rotatable bonds is 7. The van der Waals surface area contributed by atoms with Crippen LogP contribution in [0.15, 0.2) is 71.8 Å². The first-order chi connectivity index (χ1) is 17.2. The lowest BCUT2D eigenvalue weighted by atomic mass is 10.1. The van der Waals surface area contributed by atoms with Crippen molar-refractivity contribution in [2.45, 2.75) is 6.92 Å². The summed E-state index contributed by atoms with van der Waals surface area (Å²) in [6.07, 6.45) is 0. The molecule has 0 spiro atoms. The molecule has 36 heavy (non-hydrogen) atoms. The molecule has 3 aromatic carbocycles. The number of carbonyl (C=O) groups is 3. The second kappa shape index (κ2) is 11.3. The Labute approximate surface area is 203 Å². The number of esters is 1. The fourth-order valence-corrected chi connectivity index (χ4v) is 2.83. The van der Waals surface area contributed by atoms with Gasteiger partial charge < -0.3 is 14.8 Å². The predicted octanol–water partition coefficient (Wildman–Crippen LogP) is 3.44. The number of nitrogens with one attached hydrogen (secondary N) is 2. The molecule has 0 radical (unpaired) electrons. The van der Waals surface area contributed by atoms with Crippen molar-refractivity contribution >= 4 is 34.9 Å². The number of hydrogen-bond donors (Lipinski definition) is 2. The second-order valence-electron chi connectivity index (χ2n) is 7.16. The van der Waals surface area contributed by atoms with Crippen molar-refractivity contribution in [3.8, 4) is 11.5 Å². The maximum Gasteiger partial charge on any atom is 0.343 e.